The third-order valence-electron chi connectivity index (χ3n) is 6.59. The van der Waals surface area contributed by atoms with Crippen LogP contribution >= 0.6 is 12.2 Å². The first-order valence-electron chi connectivity index (χ1n) is 10.5. The predicted molar refractivity (Wildman–Crippen MR) is 114 cm³/mol. The van der Waals surface area contributed by atoms with Gasteiger partial charge in [-0.25, -0.2) is 0 Å². The Kier molecular flexibility index (Phi) is 5.51. The van der Waals surface area contributed by atoms with Crippen molar-refractivity contribution in [2.75, 3.05) is 5.32 Å². The van der Waals surface area contributed by atoms with Gasteiger partial charge >= 0.3 is 0 Å². The number of anilines is 1. The van der Waals surface area contributed by atoms with Crippen LogP contribution < -0.4 is 10.6 Å². The summed E-state index contributed by atoms with van der Waals surface area (Å²) in [7, 11) is 0. The van der Waals surface area contributed by atoms with Crippen LogP contribution in [0.15, 0.2) is 18.2 Å². The van der Waals surface area contributed by atoms with Crippen LogP contribution in [0.2, 0.25) is 0 Å². The number of nitrogens with one attached hydrogen (secondary N) is 2. The average Bonchev–Trinajstić information content (AvgIpc) is 3.06. The Hall–Kier alpha value is -1.13. The molecule has 142 valence electrons. The van der Waals surface area contributed by atoms with Crippen LogP contribution in [0.1, 0.15) is 68.9 Å². The quantitative estimate of drug-likeness (QED) is 0.738. The first-order chi connectivity index (χ1) is 12.6. The van der Waals surface area contributed by atoms with Crippen molar-refractivity contribution in [3.05, 3.63) is 29.3 Å². The maximum atomic E-state index is 5.64. The van der Waals surface area contributed by atoms with Crippen molar-refractivity contribution in [2.24, 2.45) is 0 Å². The summed E-state index contributed by atoms with van der Waals surface area (Å²) in [4.78, 5) is 2.93. The molecule has 1 aliphatic carbocycles. The van der Waals surface area contributed by atoms with Gasteiger partial charge in [-0.1, -0.05) is 25.3 Å². The molecule has 4 heteroatoms. The van der Waals surface area contributed by atoms with Crippen molar-refractivity contribution in [1.82, 2.24) is 10.2 Å². The zero-order valence-corrected chi connectivity index (χ0v) is 17.1. The van der Waals surface area contributed by atoms with Crippen LogP contribution in [0.4, 0.5) is 5.69 Å². The van der Waals surface area contributed by atoms with Gasteiger partial charge < -0.3 is 10.6 Å². The molecule has 2 saturated heterocycles. The molecule has 1 aromatic rings. The van der Waals surface area contributed by atoms with E-state index in [4.69, 9.17) is 12.2 Å². The summed E-state index contributed by atoms with van der Waals surface area (Å²) < 4.78 is 0. The summed E-state index contributed by atoms with van der Waals surface area (Å²) in [6.07, 6.45) is 12.4. The Morgan fingerprint density at radius 3 is 2.08 bits per heavy atom. The summed E-state index contributed by atoms with van der Waals surface area (Å²) in [6, 6.07) is 9.46. The second kappa shape index (κ2) is 7.85. The van der Waals surface area contributed by atoms with E-state index in [2.05, 4.69) is 47.6 Å². The van der Waals surface area contributed by atoms with Gasteiger partial charge in [0.25, 0.3) is 0 Å². The third-order valence-corrected chi connectivity index (χ3v) is 6.81. The Morgan fingerprint density at radius 1 is 0.885 bits per heavy atom. The summed E-state index contributed by atoms with van der Waals surface area (Å²) in [5, 5.41) is 7.83. The van der Waals surface area contributed by atoms with Gasteiger partial charge in [-0.15, -0.1) is 0 Å². The highest BCUT2D eigenvalue weighted by molar-refractivity contribution is 7.80. The zero-order chi connectivity index (χ0) is 18.1. The van der Waals surface area contributed by atoms with Crippen LogP contribution in [0, 0.1) is 13.8 Å². The molecule has 26 heavy (non-hydrogen) atoms. The van der Waals surface area contributed by atoms with Gasteiger partial charge in [0, 0.05) is 29.9 Å². The molecule has 2 atom stereocenters. The minimum Gasteiger partial charge on any atom is -0.360 e. The number of piperidine rings is 2. The molecule has 3 aliphatic rings. The molecule has 0 aromatic heterocycles. The summed E-state index contributed by atoms with van der Waals surface area (Å²) in [6.45, 7) is 4.27. The highest BCUT2D eigenvalue weighted by Crippen LogP contribution is 2.39. The van der Waals surface area contributed by atoms with E-state index in [0.717, 1.165) is 28.9 Å². The highest BCUT2D eigenvalue weighted by Gasteiger charge is 2.42. The van der Waals surface area contributed by atoms with E-state index < -0.39 is 0 Å². The number of nitrogens with zero attached hydrogens (tertiary/aromatic N) is 1. The Labute approximate surface area is 163 Å². The maximum Gasteiger partial charge on any atom is 0.170 e. The van der Waals surface area contributed by atoms with Gasteiger partial charge in [0.15, 0.2) is 5.11 Å². The van der Waals surface area contributed by atoms with E-state index in [1.54, 1.807) is 0 Å². The molecule has 0 radical (unpaired) electrons. The standard InChI is InChI=1S/C22H33N3S/c1-15-10-16(2)12-17(11-15)23-22(26)24-18-13-20-8-5-9-21(14-18)25(20)19-6-3-4-7-19/h10-12,18-21H,3-9,13-14H2,1-2H3,(H2,23,24,26)/t20-,21-/m1/s1. The van der Waals surface area contributed by atoms with E-state index in [9.17, 15) is 0 Å². The first kappa shape index (κ1) is 18.2. The van der Waals surface area contributed by atoms with Crippen molar-refractivity contribution in [1.29, 1.82) is 0 Å². The minimum atomic E-state index is 0.522. The van der Waals surface area contributed by atoms with Crippen LogP contribution in [0.5, 0.6) is 0 Å². The van der Waals surface area contributed by atoms with Crippen molar-refractivity contribution < 1.29 is 0 Å². The molecule has 2 N–H and O–H groups in total. The van der Waals surface area contributed by atoms with Crippen LogP contribution in [-0.2, 0) is 0 Å². The summed E-state index contributed by atoms with van der Waals surface area (Å²) >= 11 is 5.64. The van der Waals surface area contributed by atoms with Crippen molar-refractivity contribution in [2.45, 2.75) is 95.8 Å². The van der Waals surface area contributed by atoms with Crippen molar-refractivity contribution in [3.8, 4) is 0 Å². The largest absolute Gasteiger partial charge is 0.360 e. The van der Waals surface area contributed by atoms with Crippen molar-refractivity contribution in [3.63, 3.8) is 0 Å². The molecule has 3 fully saturated rings. The topological polar surface area (TPSA) is 27.3 Å². The average molecular weight is 372 g/mol. The number of fused-ring (bicyclic) bond motifs is 2. The molecule has 1 aromatic carbocycles. The van der Waals surface area contributed by atoms with Crippen molar-refractivity contribution >= 4 is 23.0 Å². The van der Waals surface area contributed by atoms with Gasteiger partial charge in [0.2, 0.25) is 0 Å². The second-order valence-corrected chi connectivity index (χ2v) is 9.18. The van der Waals surface area contributed by atoms with Crippen LogP contribution in [0.3, 0.4) is 0 Å². The first-order valence-corrected chi connectivity index (χ1v) is 10.9. The van der Waals surface area contributed by atoms with E-state index in [1.165, 1.54) is 68.9 Å². The highest BCUT2D eigenvalue weighted by atomic mass is 32.1. The number of aryl methyl sites for hydroxylation is 2. The smallest absolute Gasteiger partial charge is 0.170 e. The SMILES string of the molecule is Cc1cc(C)cc(NC(=S)NC2C[C@H]3CCC[C@H](C2)N3C2CCCC2)c1. The molecule has 0 unspecified atom stereocenters. The summed E-state index contributed by atoms with van der Waals surface area (Å²) in [5.74, 6) is 0. The minimum absolute atomic E-state index is 0.522. The number of hydrogen-bond donors (Lipinski definition) is 2. The van der Waals surface area contributed by atoms with E-state index >= 15 is 0 Å². The Bertz CT molecular complexity index is 619. The maximum absolute atomic E-state index is 5.64. The number of rotatable bonds is 3. The Morgan fingerprint density at radius 2 is 1.46 bits per heavy atom. The molecular formula is C22H33N3S. The zero-order valence-electron chi connectivity index (χ0n) is 16.3. The lowest BCUT2D eigenvalue weighted by Crippen LogP contribution is -2.59. The normalized spacial score (nSPS) is 29.5. The third kappa shape index (κ3) is 4.07. The fraction of sp³-hybridized carbons (Fsp3) is 0.682. The molecule has 3 nitrogen and oxygen atoms in total. The number of hydrogen-bond acceptors (Lipinski definition) is 2. The van der Waals surface area contributed by atoms with Gasteiger partial charge in [-0.05, 0) is 87.8 Å². The van der Waals surface area contributed by atoms with Gasteiger partial charge in [0.1, 0.15) is 0 Å². The molecule has 0 amide bonds. The van der Waals surface area contributed by atoms with E-state index in [1.807, 2.05) is 0 Å². The molecular weight excluding hydrogens is 338 g/mol. The number of benzene rings is 1. The fourth-order valence-corrected chi connectivity index (χ4v) is 6.02. The molecule has 2 bridgehead atoms. The summed E-state index contributed by atoms with van der Waals surface area (Å²) in [5.41, 5.74) is 3.65. The molecule has 2 aliphatic heterocycles. The molecule has 0 spiro atoms. The fourth-order valence-electron chi connectivity index (χ4n) is 5.73. The van der Waals surface area contributed by atoms with Gasteiger partial charge in [-0.3, -0.25) is 4.90 Å². The molecule has 2 heterocycles. The molecule has 1 saturated carbocycles. The Balaban J connectivity index is 1.36. The monoisotopic (exact) mass is 371 g/mol. The lowest BCUT2D eigenvalue weighted by molar-refractivity contribution is -0.00596. The second-order valence-electron chi connectivity index (χ2n) is 8.77. The predicted octanol–water partition coefficient (Wildman–Crippen LogP) is 4.92. The van der Waals surface area contributed by atoms with E-state index in [-0.39, 0.29) is 0 Å². The molecule has 4 rings (SSSR count). The lowest BCUT2D eigenvalue weighted by Gasteiger charge is -2.52. The van der Waals surface area contributed by atoms with Gasteiger partial charge in [0.05, 0.1) is 0 Å². The number of thiocarbonyl (C=S) groups is 1. The van der Waals surface area contributed by atoms with Gasteiger partial charge in [-0.2, -0.15) is 0 Å². The van der Waals surface area contributed by atoms with E-state index in [0.29, 0.717) is 6.04 Å². The lowest BCUT2D eigenvalue weighted by atomic mass is 9.80. The van der Waals surface area contributed by atoms with Crippen LogP contribution in [-0.4, -0.2) is 34.2 Å². The van der Waals surface area contributed by atoms with Crippen LogP contribution in [0.25, 0.3) is 0 Å².